The fourth-order valence-corrected chi connectivity index (χ4v) is 2.49. The summed E-state index contributed by atoms with van der Waals surface area (Å²) in [7, 11) is 0. The van der Waals surface area contributed by atoms with Crippen LogP contribution < -0.4 is 10.1 Å². The highest BCUT2D eigenvalue weighted by Crippen LogP contribution is 2.20. The van der Waals surface area contributed by atoms with Gasteiger partial charge in [-0.1, -0.05) is 26.0 Å². The van der Waals surface area contributed by atoms with Crippen LogP contribution in [0.2, 0.25) is 0 Å². The molecule has 122 valence electrons. The molecule has 4 nitrogen and oxygen atoms in total. The van der Waals surface area contributed by atoms with E-state index >= 15 is 0 Å². The van der Waals surface area contributed by atoms with E-state index in [1.807, 2.05) is 51.1 Å². The lowest BCUT2D eigenvalue weighted by Gasteiger charge is -2.13. The van der Waals surface area contributed by atoms with Crippen molar-refractivity contribution >= 4 is 11.6 Å². The number of carbonyl (C=O) groups excluding carboxylic acids is 1. The van der Waals surface area contributed by atoms with E-state index in [4.69, 9.17) is 4.74 Å². The summed E-state index contributed by atoms with van der Waals surface area (Å²) in [6.45, 7) is 10.1. The largest absolute Gasteiger partial charge is 0.484 e. The summed E-state index contributed by atoms with van der Waals surface area (Å²) in [6.07, 6.45) is 0. The monoisotopic (exact) mass is 312 g/mol. The Hall–Kier alpha value is -2.36. The van der Waals surface area contributed by atoms with Crippen LogP contribution in [0, 0.1) is 20.8 Å². The van der Waals surface area contributed by atoms with Gasteiger partial charge in [-0.3, -0.25) is 9.78 Å². The van der Waals surface area contributed by atoms with Crippen molar-refractivity contribution in [1.29, 1.82) is 0 Å². The van der Waals surface area contributed by atoms with Crippen molar-refractivity contribution in [3.05, 3.63) is 52.8 Å². The van der Waals surface area contributed by atoms with E-state index in [-0.39, 0.29) is 12.5 Å². The van der Waals surface area contributed by atoms with Crippen LogP contribution in [0.15, 0.2) is 30.3 Å². The van der Waals surface area contributed by atoms with Gasteiger partial charge in [0.2, 0.25) is 0 Å². The molecular formula is C19H24N2O2. The topological polar surface area (TPSA) is 51.2 Å². The first-order valence-corrected chi connectivity index (χ1v) is 7.84. The van der Waals surface area contributed by atoms with Crippen molar-refractivity contribution in [1.82, 2.24) is 4.98 Å². The van der Waals surface area contributed by atoms with Crippen LogP contribution >= 0.6 is 0 Å². The summed E-state index contributed by atoms with van der Waals surface area (Å²) in [5.41, 5.74) is 4.78. The Morgan fingerprint density at radius 1 is 1.17 bits per heavy atom. The number of rotatable bonds is 5. The molecule has 4 heteroatoms. The summed E-state index contributed by atoms with van der Waals surface area (Å²) in [6, 6.07) is 9.79. The number of aromatic nitrogens is 1. The highest BCUT2D eigenvalue weighted by atomic mass is 16.5. The second kappa shape index (κ2) is 7.27. The third-order valence-electron chi connectivity index (χ3n) is 3.71. The van der Waals surface area contributed by atoms with Gasteiger partial charge in [-0.2, -0.15) is 0 Å². The molecule has 0 fully saturated rings. The Morgan fingerprint density at radius 2 is 1.83 bits per heavy atom. The molecule has 23 heavy (non-hydrogen) atoms. The SMILES string of the molecule is Cc1cc(C)c(NC(=O)COc2ccc(C(C)C)cc2)c(C)n1. The highest BCUT2D eigenvalue weighted by Gasteiger charge is 2.10. The van der Waals surface area contributed by atoms with Crippen LogP contribution in [-0.2, 0) is 4.79 Å². The number of anilines is 1. The van der Waals surface area contributed by atoms with Gasteiger partial charge in [0.05, 0.1) is 11.4 Å². The van der Waals surface area contributed by atoms with E-state index < -0.39 is 0 Å². The number of benzene rings is 1. The lowest BCUT2D eigenvalue weighted by Crippen LogP contribution is -2.21. The van der Waals surface area contributed by atoms with Crippen LogP contribution in [0.5, 0.6) is 5.75 Å². The number of carbonyl (C=O) groups is 1. The molecule has 1 heterocycles. The van der Waals surface area contributed by atoms with Gasteiger partial charge in [-0.25, -0.2) is 0 Å². The molecule has 0 radical (unpaired) electrons. The highest BCUT2D eigenvalue weighted by molar-refractivity contribution is 5.93. The van der Waals surface area contributed by atoms with Crippen molar-refractivity contribution in [2.45, 2.75) is 40.5 Å². The van der Waals surface area contributed by atoms with E-state index in [1.165, 1.54) is 5.56 Å². The number of hydrogen-bond donors (Lipinski definition) is 1. The molecule has 2 rings (SSSR count). The van der Waals surface area contributed by atoms with Crippen molar-refractivity contribution < 1.29 is 9.53 Å². The van der Waals surface area contributed by atoms with Crippen LogP contribution in [-0.4, -0.2) is 17.5 Å². The zero-order valence-corrected chi connectivity index (χ0v) is 14.4. The maximum Gasteiger partial charge on any atom is 0.262 e. The fourth-order valence-electron chi connectivity index (χ4n) is 2.49. The summed E-state index contributed by atoms with van der Waals surface area (Å²) in [4.78, 5) is 16.5. The molecule has 0 bridgehead atoms. The Kier molecular flexibility index (Phi) is 5.37. The van der Waals surface area contributed by atoms with Crippen LogP contribution in [0.4, 0.5) is 5.69 Å². The van der Waals surface area contributed by atoms with Gasteiger partial charge in [-0.15, -0.1) is 0 Å². The van der Waals surface area contributed by atoms with Gasteiger partial charge < -0.3 is 10.1 Å². The number of amides is 1. The van der Waals surface area contributed by atoms with Crippen molar-refractivity contribution in [2.75, 3.05) is 11.9 Å². The zero-order chi connectivity index (χ0) is 17.0. The summed E-state index contributed by atoms with van der Waals surface area (Å²) in [5, 5.41) is 2.88. The van der Waals surface area contributed by atoms with Crippen LogP contribution in [0.3, 0.4) is 0 Å². The first kappa shape index (κ1) is 17.0. The van der Waals surface area contributed by atoms with E-state index in [0.717, 1.165) is 22.6 Å². The van der Waals surface area contributed by atoms with Crippen molar-refractivity contribution in [2.24, 2.45) is 0 Å². The van der Waals surface area contributed by atoms with Crippen molar-refractivity contribution in [3.8, 4) is 5.75 Å². The molecule has 1 amide bonds. The molecule has 0 aliphatic rings. The molecule has 1 aromatic heterocycles. The summed E-state index contributed by atoms with van der Waals surface area (Å²) in [5.74, 6) is 0.988. The first-order chi connectivity index (χ1) is 10.9. The minimum atomic E-state index is -0.185. The number of pyridine rings is 1. The van der Waals surface area contributed by atoms with Gasteiger partial charge in [0, 0.05) is 5.69 Å². The summed E-state index contributed by atoms with van der Waals surface area (Å²) >= 11 is 0. The Morgan fingerprint density at radius 3 is 2.39 bits per heavy atom. The zero-order valence-electron chi connectivity index (χ0n) is 14.4. The maximum atomic E-state index is 12.1. The molecule has 0 spiro atoms. The average molecular weight is 312 g/mol. The Labute approximate surface area is 137 Å². The molecule has 2 aromatic rings. The smallest absolute Gasteiger partial charge is 0.262 e. The minimum absolute atomic E-state index is 0.0201. The van der Waals surface area contributed by atoms with Gasteiger partial charge in [0.25, 0.3) is 5.91 Å². The second-order valence-corrected chi connectivity index (χ2v) is 6.10. The molecule has 0 aliphatic carbocycles. The van der Waals surface area contributed by atoms with Crippen LogP contribution in [0.25, 0.3) is 0 Å². The Balaban J connectivity index is 1.95. The predicted octanol–water partition coefficient (Wildman–Crippen LogP) is 4.15. The molecule has 0 atom stereocenters. The lowest BCUT2D eigenvalue weighted by atomic mass is 10.0. The van der Waals surface area contributed by atoms with Crippen molar-refractivity contribution in [3.63, 3.8) is 0 Å². The molecular weight excluding hydrogens is 288 g/mol. The second-order valence-electron chi connectivity index (χ2n) is 6.10. The quantitative estimate of drug-likeness (QED) is 0.902. The normalized spacial score (nSPS) is 10.7. The van der Waals surface area contributed by atoms with Gasteiger partial charge in [0.15, 0.2) is 6.61 Å². The number of hydrogen-bond acceptors (Lipinski definition) is 3. The fraction of sp³-hybridized carbons (Fsp3) is 0.368. The Bertz CT molecular complexity index is 668. The lowest BCUT2D eigenvalue weighted by molar-refractivity contribution is -0.118. The maximum absolute atomic E-state index is 12.1. The van der Waals surface area contributed by atoms with E-state index in [2.05, 4.69) is 24.1 Å². The molecule has 0 saturated heterocycles. The van der Waals surface area contributed by atoms with Gasteiger partial charge in [0.1, 0.15) is 5.75 Å². The van der Waals surface area contributed by atoms with E-state index in [9.17, 15) is 4.79 Å². The third kappa shape index (κ3) is 4.55. The van der Waals surface area contributed by atoms with E-state index in [1.54, 1.807) is 0 Å². The average Bonchev–Trinajstić information content (AvgIpc) is 2.49. The number of aryl methyl sites for hydroxylation is 3. The number of ether oxygens (including phenoxy) is 1. The molecule has 1 N–H and O–H groups in total. The number of nitrogens with one attached hydrogen (secondary N) is 1. The number of nitrogens with zero attached hydrogens (tertiary/aromatic N) is 1. The molecule has 1 aromatic carbocycles. The predicted molar refractivity (Wildman–Crippen MR) is 93.1 cm³/mol. The van der Waals surface area contributed by atoms with Gasteiger partial charge in [-0.05, 0) is 56.0 Å². The molecule has 0 saturated carbocycles. The minimum Gasteiger partial charge on any atom is -0.484 e. The van der Waals surface area contributed by atoms with Crippen LogP contribution in [0.1, 0.15) is 42.3 Å². The van der Waals surface area contributed by atoms with Gasteiger partial charge >= 0.3 is 0 Å². The summed E-state index contributed by atoms with van der Waals surface area (Å²) < 4.78 is 5.55. The third-order valence-corrected chi connectivity index (χ3v) is 3.71. The first-order valence-electron chi connectivity index (χ1n) is 7.84. The molecule has 0 unspecified atom stereocenters. The van der Waals surface area contributed by atoms with E-state index in [0.29, 0.717) is 11.7 Å². The standard InChI is InChI=1S/C19H24N2O2/c1-12(2)16-6-8-17(9-7-16)23-11-18(22)21-19-13(3)10-14(4)20-15(19)5/h6-10,12H,11H2,1-5H3,(H,21,22). The molecule has 0 aliphatic heterocycles.